The molecule has 0 fully saturated rings. The summed E-state index contributed by atoms with van der Waals surface area (Å²) in [6.07, 6.45) is 0. The first-order chi connectivity index (χ1) is 19.7. The van der Waals surface area contributed by atoms with Crippen LogP contribution in [0.1, 0.15) is 63.7 Å². The van der Waals surface area contributed by atoms with Gasteiger partial charge >= 0.3 is 0 Å². The molecule has 2 heterocycles. The highest BCUT2D eigenvalue weighted by atomic mass is 16.7. The van der Waals surface area contributed by atoms with Crippen molar-refractivity contribution in [1.82, 2.24) is 0 Å². The molecule has 0 saturated carbocycles. The minimum absolute atomic E-state index is 0.219. The molecule has 6 rings (SSSR count). The second-order valence-corrected chi connectivity index (χ2v) is 10.2. The van der Waals surface area contributed by atoms with Crippen LogP contribution in [0.2, 0.25) is 0 Å². The number of anilines is 2. The number of benzene rings is 4. The van der Waals surface area contributed by atoms with E-state index in [-0.39, 0.29) is 29.7 Å². The first-order valence-electron chi connectivity index (χ1n) is 13.1. The van der Waals surface area contributed by atoms with Crippen LogP contribution < -0.4 is 19.3 Å². The molecule has 8 nitrogen and oxygen atoms in total. The van der Waals surface area contributed by atoms with Crippen LogP contribution in [0.3, 0.4) is 0 Å². The highest BCUT2D eigenvalue weighted by Crippen LogP contribution is 2.35. The van der Waals surface area contributed by atoms with Crippen molar-refractivity contribution in [1.29, 1.82) is 0 Å². The lowest BCUT2D eigenvalue weighted by Crippen LogP contribution is -2.30. The minimum Gasteiger partial charge on any atom is -0.457 e. The summed E-state index contributed by atoms with van der Waals surface area (Å²) < 4.78 is 11.4. The molecule has 204 valence electrons. The van der Waals surface area contributed by atoms with Gasteiger partial charge in [-0.1, -0.05) is 24.3 Å². The summed E-state index contributed by atoms with van der Waals surface area (Å²) >= 11 is 0. The second kappa shape index (κ2) is 9.75. The van der Waals surface area contributed by atoms with E-state index in [0.29, 0.717) is 34.0 Å². The van der Waals surface area contributed by atoms with Gasteiger partial charge in [-0.15, -0.1) is 0 Å². The molecule has 41 heavy (non-hydrogen) atoms. The van der Waals surface area contributed by atoms with Gasteiger partial charge in [-0.3, -0.25) is 19.2 Å². The van der Waals surface area contributed by atoms with Crippen LogP contribution >= 0.6 is 0 Å². The lowest BCUT2D eigenvalue weighted by atomic mass is 10.1. The molecule has 4 aromatic carbocycles. The lowest BCUT2D eigenvalue weighted by molar-refractivity contribution is 0.0910. The monoisotopic (exact) mass is 546 g/mol. The van der Waals surface area contributed by atoms with Gasteiger partial charge in [0, 0.05) is 0 Å². The number of amides is 4. The van der Waals surface area contributed by atoms with Crippen LogP contribution in [0.25, 0.3) is 0 Å². The van der Waals surface area contributed by atoms with Crippen molar-refractivity contribution in [3.8, 4) is 11.5 Å². The summed E-state index contributed by atoms with van der Waals surface area (Å²) in [4.78, 5) is 54.9. The Bertz CT molecular complexity index is 1680. The average Bonchev–Trinajstić information content (AvgIpc) is 3.35. The number of carbonyl (C=O) groups is 4. The Kier molecular flexibility index (Phi) is 6.18. The van der Waals surface area contributed by atoms with Gasteiger partial charge in [-0.25, -0.2) is 9.80 Å². The van der Waals surface area contributed by atoms with Gasteiger partial charge < -0.3 is 9.47 Å². The quantitative estimate of drug-likeness (QED) is 0.220. The van der Waals surface area contributed by atoms with Crippen molar-refractivity contribution in [2.75, 3.05) is 16.6 Å². The molecule has 0 N–H and O–H groups in total. The van der Waals surface area contributed by atoms with E-state index in [2.05, 4.69) is 0 Å². The predicted octanol–water partition coefficient (Wildman–Crippen LogP) is 5.94. The maximum atomic E-state index is 13.2. The zero-order valence-corrected chi connectivity index (χ0v) is 23.0. The Balaban J connectivity index is 1.16. The van der Waals surface area contributed by atoms with Gasteiger partial charge in [-0.2, -0.15) is 0 Å². The number of nitrogens with zero attached hydrogens (tertiary/aromatic N) is 2. The van der Waals surface area contributed by atoms with Gasteiger partial charge in [0.2, 0.25) is 6.79 Å². The molecule has 4 aromatic rings. The van der Waals surface area contributed by atoms with Crippen LogP contribution in [0.4, 0.5) is 11.4 Å². The number of hydrogen-bond acceptors (Lipinski definition) is 6. The molecule has 4 amide bonds. The third-order valence-electron chi connectivity index (χ3n) is 7.80. The van der Waals surface area contributed by atoms with Gasteiger partial charge in [0.1, 0.15) is 11.5 Å². The number of carbonyl (C=O) groups excluding carboxylic acids is 4. The second-order valence-electron chi connectivity index (χ2n) is 10.2. The van der Waals surface area contributed by atoms with Gasteiger partial charge in [0.15, 0.2) is 0 Å². The molecule has 0 aromatic heterocycles. The number of ether oxygens (including phenoxy) is 2. The minimum atomic E-state index is -0.416. The van der Waals surface area contributed by atoms with E-state index in [1.807, 2.05) is 52.0 Å². The Morgan fingerprint density at radius 3 is 1.32 bits per heavy atom. The molecule has 2 aliphatic heterocycles. The number of hydrogen-bond donors (Lipinski definition) is 0. The Morgan fingerprint density at radius 2 is 0.902 bits per heavy atom. The number of aryl methyl sites for hydroxylation is 2. The van der Waals surface area contributed by atoms with E-state index >= 15 is 0 Å². The van der Waals surface area contributed by atoms with Crippen molar-refractivity contribution >= 4 is 35.0 Å². The lowest BCUT2D eigenvalue weighted by Gasteiger charge is -2.17. The van der Waals surface area contributed by atoms with E-state index in [1.54, 1.807) is 36.4 Å². The van der Waals surface area contributed by atoms with Crippen LogP contribution in [0.15, 0.2) is 72.8 Å². The fourth-order valence-corrected chi connectivity index (χ4v) is 5.18. The first-order valence-corrected chi connectivity index (χ1v) is 13.1. The van der Waals surface area contributed by atoms with E-state index in [0.717, 1.165) is 22.3 Å². The summed E-state index contributed by atoms with van der Waals surface area (Å²) in [5, 5.41) is 0. The van der Waals surface area contributed by atoms with Crippen molar-refractivity contribution in [3.05, 3.63) is 117 Å². The fourth-order valence-electron chi connectivity index (χ4n) is 5.18. The highest BCUT2D eigenvalue weighted by molar-refractivity contribution is 6.35. The van der Waals surface area contributed by atoms with Crippen molar-refractivity contribution in [2.24, 2.45) is 0 Å². The molecule has 0 aliphatic carbocycles. The Hall–Kier alpha value is -5.24. The van der Waals surface area contributed by atoms with Gasteiger partial charge in [0.05, 0.1) is 33.6 Å². The molecule has 8 heteroatoms. The van der Waals surface area contributed by atoms with Gasteiger partial charge in [0.25, 0.3) is 23.6 Å². The maximum Gasteiger partial charge on any atom is 0.266 e. The van der Waals surface area contributed by atoms with Crippen LogP contribution in [-0.2, 0) is 0 Å². The zero-order chi connectivity index (χ0) is 29.0. The van der Waals surface area contributed by atoms with Crippen LogP contribution in [0, 0.1) is 27.7 Å². The normalized spacial score (nSPS) is 14.0. The molecular weight excluding hydrogens is 520 g/mol. The zero-order valence-electron chi connectivity index (χ0n) is 23.0. The fraction of sp³-hybridized carbons (Fsp3) is 0.152. The molecule has 0 atom stereocenters. The summed E-state index contributed by atoms with van der Waals surface area (Å²) in [6.45, 7) is 7.40. The highest BCUT2D eigenvalue weighted by Gasteiger charge is 2.39. The summed E-state index contributed by atoms with van der Waals surface area (Å²) in [5.74, 6) is -0.898. The van der Waals surface area contributed by atoms with Crippen molar-refractivity contribution in [3.63, 3.8) is 0 Å². The molecule has 0 bridgehead atoms. The number of fused-ring (bicyclic) bond motifs is 2. The van der Waals surface area contributed by atoms with E-state index in [4.69, 9.17) is 9.47 Å². The van der Waals surface area contributed by atoms with Crippen molar-refractivity contribution in [2.45, 2.75) is 27.7 Å². The smallest absolute Gasteiger partial charge is 0.266 e. The number of imide groups is 2. The third-order valence-corrected chi connectivity index (χ3v) is 7.80. The predicted molar refractivity (Wildman–Crippen MR) is 153 cm³/mol. The van der Waals surface area contributed by atoms with E-state index in [1.165, 1.54) is 21.9 Å². The van der Waals surface area contributed by atoms with E-state index in [9.17, 15) is 19.2 Å². The summed E-state index contributed by atoms with van der Waals surface area (Å²) in [6, 6.07) is 20.4. The SMILES string of the molecule is Cc1cccc(N2C(=O)c3ccc(OCOc4ccc5c(c4)C(=O)N(c4cccc(C)c4C)C5=O)cc3C2=O)c1C. The molecular formula is C33H26N2O6. The number of rotatable bonds is 6. The van der Waals surface area contributed by atoms with Gasteiger partial charge in [-0.05, 0) is 98.5 Å². The Labute approximate surface area is 236 Å². The Morgan fingerprint density at radius 1 is 0.512 bits per heavy atom. The van der Waals surface area contributed by atoms with Crippen LogP contribution in [-0.4, -0.2) is 30.4 Å². The molecule has 0 saturated heterocycles. The molecule has 0 radical (unpaired) electrons. The first kappa shape index (κ1) is 26.0. The molecule has 0 spiro atoms. The molecule has 0 unspecified atom stereocenters. The summed E-state index contributed by atoms with van der Waals surface area (Å²) in [7, 11) is 0. The third kappa shape index (κ3) is 4.15. The average molecular weight is 547 g/mol. The van der Waals surface area contributed by atoms with Crippen LogP contribution in [0.5, 0.6) is 11.5 Å². The largest absolute Gasteiger partial charge is 0.457 e. The standard InChI is InChI=1S/C33H26N2O6/c1-18-7-5-9-28(20(18)3)34-30(36)24-13-11-22(15-26(24)32(34)38)40-17-41-23-12-14-25-27(16-23)33(39)35(31(25)37)29-10-6-8-19(2)21(29)4/h5-16H,17H2,1-4H3. The maximum absolute atomic E-state index is 13.2. The topological polar surface area (TPSA) is 93.2 Å². The molecule has 2 aliphatic rings. The summed E-state index contributed by atoms with van der Waals surface area (Å²) in [5.41, 5.74) is 5.91. The van der Waals surface area contributed by atoms with E-state index < -0.39 is 11.8 Å². The van der Waals surface area contributed by atoms with Crippen molar-refractivity contribution < 1.29 is 28.7 Å².